The fraction of sp³-hybridized carbons (Fsp3) is 0.333. The normalized spacial score (nSPS) is 20.4. The number of ether oxygens (including phenoxy) is 1. The van der Waals surface area contributed by atoms with E-state index in [1.54, 1.807) is 18.2 Å². The highest BCUT2D eigenvalue weighted by Gasteiger charge is 2.19. The Labute approximate surface area is 164 Å². The van der Waals surface area contributed by atoms with E-state index in [4.69, 9.17) is 10.5 Å². The van der Waals surface area contributed by atoms with Crippen molar-refractivity contribution in [3.63, 3.8) is 0 Å². The summed E-state index contributed by atoms with van der Waals surface area (Å²) in [6, 6.07) is 7.54. The molecule has 1 heterocycles. The number of carbonyl (C=O) groups is 1. The number of esters is 1. The zero-order chi connectivity index (χ0) is 20.1. The minimum absolute atomic E-state index is 0.208. The van der Waals surface area contributed by atoms with Crippen molar-refractivity contribution in [2.24, 2.45) is 10.7 Å². The maximum Gasteiger partial charge on any atom is 0.337 e. The van der Waals surface area contributed by atoms with Crippen LogP contribution >= 0.6 is 0 Å². The molecule has 1 aliphatic rings. The van der Waals surface area contributed by atoms with Gasteiger partial charge in [0.05, 0.1) is 24.3 Å². The molecule has 1 fully saturated rings. The van der Waals surface area contributed by atoms with Gasteiger partial charge in [0.1, 0.15) is 11.7 Å². The number of methoxy groups -OCH3 is 1. The molecule has 1 aromatic heterocycles. The van der Waals surface area contributed by atoms with E-state index >= 15 is 0 Å². The Morgan fingerprint density at radius 1 is 1.36 bits per heavy atom. The first-order valence-electron chi connectivity index (χ1n) is 9.32. The summed E-state index contributed by atoms with van der Waals surface area (Å²) in [5.74, 6) is 0.710. The van der Waals surface area contributed by atoms with Crippen molar-refractivity contribution in [2.75, 3.05) is 7.11 Å². The predicted octanol–water partition coefficient (Wildman–Crippen LogP) is 2.51. The molecule has 1 saturated carbocycles. The van der Waals surface area contributed by atoms with Crippen molar-refractivity contribution < 1.29 is 14.6 Å². The van der Waals surface area contributed by atoms with Crippen LogP contribution in [0.5, 0.6) is 0 Å². The van der Waals surface area contributed by atoms with Gasteiger partial charge >= 0.3 is 5.97 Å². The van der Waals surface area contributed by atoms with Crippen LogP contribution in [0.3, 0.4) is 0 Å². The van der Waals surface area contributed by atoms with E-state index in [1.165, 1.54) is 13.3 Å². The van der Waals surface area contributed by atoms with Crippen LogP contribution in [0.2, 0.25) is 0 Å². The highest BCUT2D eigenvalue weighted by molar-refractivity contribution is 6.03. The molecular weight excluding hydrogens is 356 g/mol. The molecule has 7 heteroatoms. The topological polar surface area (TPSA) is 102 Å². The number of carbonyl (C=O) groups excluding carboxylic acids is 1. The number of aliphatic imine (C=N–C) groups is 1. The Morgan fingerprint density at radius 3 is 2.79 bits per heavy atom. The molecule has 2 aromatic rings. The molecule has 0 radical (unpaired) electrons. The number of rotatable bonds is 5. The lowest BCUT2D eigenvalue weighted by molar-refractivity contribution is 0.0601. The average Bonchev–Trinajstić information content (AvgIpc) is 3.12. The van der Waals surface area contributed by atoms with Gasteiger partial charge in [-0.3, -0.25) is 0 Å². The molecule has 0 unspecified atom stereocenters. The van der Waals surface area contributed by atoms with Crippen LogP contribution < -0.4 is 11.1 Å². The summed E-state index contributed by atoms with van der Waals surface area (Å²) >= 11 is 0. The van der Waals surface area contributed by atoms with Crippen molar-refractivity contribution in [3.05, 3.63) is 60.7 Å². The summed E-state index contributed by atoms with van der Waals surface area (Å²) in [6.45, 7) is 4.02. The van der Waals surface area contributed by atoms with Gasteiger partial charge < -0.3 is 25.5 Å². The molecule has 0 atom stereocenters. The zero-order valence-electron chi connectivity index (χ0n) is 16.0. The molecule has 0 bridgehead atoms. The predicted molar refractivity (Wildman–Crippen MR) is 110 cm³/mol. The standard InChI is InChI=1S/C21H26N4O3/c1-14(23-17-5-7-18(26)8-6-17)24-20(9-11-22)25-12-10-15-3-4-16(13-19(15)25)21(27)28-2/h3-4,9-13,17-18,23,26H,1,5-8,22H2,2H3/b11-9-,24-20+/t17-,18-. The minimum atomic E-state index is -0.395. The lowest BCUT2D eigenvalue weighted by Gasteiger charge is -2.26. The largest absolute Gasteiger partial charge is 0.465 e. The molecular formula is C21H26N4O3. The van der Waals surface area contributed by atoms with Gasteiger partial charge in [0, 0.05) is 17.6 Å². The van der Waals surface area contributed by atoms with Crippen LogP contribution in [-0.2, 0) is 4.74 Å². The van der Waals surface area contributed by atoms with Gasteiger partial charge in [-0.1, -0.05) is 12.6 Å². The first-order valence-corrected chi connectivity index (χ1v) is 9.32. The second-order valence-corrected chi connectivity index (χ2v) is 6.88. The molecule has 0 aliphatic heterocycles. The van der Waals surface area contributed by atoms with E-state index < -0.39 is 5.97 Å². The Hall–Kier alpha value is -3.06. The monoisotopic (exact) mass is 382 g/mol. The molecule has 7 nitrogen and oxygen atoms in total. The molecule has 0 spiro atoms. The Balaban J connectivity index is 1.88. The minimum Gasteiger partial charge on any atom is -0.465 e. The van der Waals surface area contributed by atoms with Crippen molar-refractivity contribution in [3.8, 4) is 0 Å². The van der Waals surface area contributed by atoms with E-state index in [9.17, 15) is 9.90 Å². The van der Waals surface area contributed by atoms with Crippen LogP contribution in [0.25, 0.3) is 10.9 Å². The number of nitrogens with two attached hydrogens (primary N) is 1. The summed E-state index contributed by atoms with van der Waals surface area (Å²) in [6.07, 6.45) is 8.08. The summed E-state index contributed by atoms with van der Waals surface area (Å²) in [7, 11) is 1.36. The molecule has 0 amide bonds. The maximum absolute atomic E-state index is 11.9. The number of nitrogens with zero attached hydrogens (tertiary/aromatic N) is 2. The summed E-state index contributed by atoms with van der Waals surface area (Å²) < 4.78 is 6.66. The summed E-state index contributed by atoms with van der Waals surface area (Å²) in [4.78, 5) is 16.5. The van der Waals surface area contributed by atoms with Crippen LogP contribution in [0, 0.1) is 0 Å². The number of aromatic nitrogens is 1. The van der Waals surface area contributed by atoms with E-state index in [0.29, 0.717) is 17.2 Å². The smallest absolute Gasteiger partial charge is 0.337 e. The summed E-state index contributed by atoms with van der Waals surface area (Å²) in [5.41, 5.74) is 6.90. The first-order chi connectivity index (χ1) is 13.5. The average molecular weight is 382 g/mol. The summed E-state index contributed by atoms with van der Waals surface area (Å²) in [5, 5.41) is 13.9. The zero-order valence-corrected chi connectivity index (χ0v) is 16.0. The van der Waals surface area contributed by atoms with Crippen LogP contribution in [-0.4, -0.2) is 40.7 Å². The van der Waals surface area contributed by atoms with Gasteiger partial charge in [-0.25, -0.2) is 9.79 Å². The van der Waals surface area contributed by atoms with E-state index in [1.807, 2.05) is 22.9 Å². The quantitative estimate of drug-likeness (QED) is 0.419. The van der Waals surface area contributed by atoms with Crippen LogP contribution in [0.4, 0.5) is 0 Å². The molecule has 28 heavy (non-hydrogen) atoms. The lowest BCUT2D eigenvalue weighted by Crippen LogP contribution is -2.33. The van der Waals surface area contributed by atoms with E-state index in [0.717, 1.165) is 36.6 Å². The van der Waals surface area contributed by atoms with Gasteiger partial charge in [0.15, 0.2) is 0 Å². The Bertz CT molecular complexity index is 921. The lowest BCUT2D eigenvalue weighted by atomic mass is 9.93. The second kappa shape index (κ2) is 8.75. The number of aliphatic hydroxyl groups excluding tert-OH is 1. The number of nitrogens with one attached hydrogen (secondary N) is 1. The fourth-order valence-corrected chi connectivity index (χ4v) is 3.46. The number of hydrogen-bond acceptors (Lipinski definition) is 6. The van der Waals surface area contributed by atoms with Gasteiger partial charge in [-0.05, 0) is 56.2 Å². The van der Waals surface area contributed by atoms with Crippen molar-refractivity contribution >= 4 is 22.7 Å². The maximum atomic E-state index is 11.9. The third kappa shape index (κ3) is 4.43. The highest BCUT2D eigenvalue weighted by Crippen LogP contribution is 2.21. The van der Waals surface area contributed by atoms with Gasteiger partial charge in [0.2, 0.25) is 0 Å². The van der Waals surface area contributed by atoms with Crippen molar-refractivity contribution in [1.82, 2.24) is 9.88 Å². The molecule has 148 valence electrons. The van der Waals surface area contributed by atoms with Gasteiger partial charge in [-0.15, -0.1) is 0 Å². The molecule has 1 aromatic carbocycles. The number of hydrogen-bond donors (Lipinski definition) is 3. The molecule has 1 aliphatic carbocycles. The third-order valence-electron chi connectivity index (χ3n) is 4.92. The van der Waals surface area contributed by atoms with Crippen LogP contribution in [0.15, 0.2) is 60.1 Å². The highest BCUT2D eigenvalue weighted by atomic mass is 16.5. The number of benzene rings is 1. The number of aliphatic hydroxyl groups is 1. The van der Waals surface area contributed by atoms with Crippen molar-refractivity contribution in [1.29, 1.82) is 0 Å². The Morgan fingerprint density at radius 2 is 2.11 bits per heavy atom. The third-order valence-corrected chi connectivity index (χ3v) is 4.92. The van der Waals surface area contributed by atoms with Gasteiger partial charge in [0.25, 0.3) is 0 Å². The van der Waals surface area contributed by atoms with Crippen LogP contribution in [0.1, 0.15) is 36.0 Å². The first kappa shape index (κ1) is 19.7. The van der Waals surface area contributed by atoms with Gasteiger partial charge in [-0.2, -0.15) is 0 Å². The molecule has 4 N–H and O–H groups in total. The second-order valence-electron chi connectivity index (χ2n) is 6.88. The molecule has 0 saturated heterocycles. The number of fused-ring (bicyclic) bond motifs is 1. The van der Waals surface area contributed by atoms with E-state index in [2.05, 4.69) is 16.9 Å². The fourth-order valence-electron chi connectivity index (χ4n) is 3.46. The Kier molecular flexibility index (Phi) is 6.16. The van der Waals surface area contributed by atoms with E-state index in [-0.39, 0.29) is 12.1 Å². The van der Waals surface area contributed by atoms with Crippen molar-refractivity contribution in [2.45, 2.75) is 37.8 Å². The molecule has 3 rings (SSSR count). The number of allylic oxidation sites excluding steroid dienone is 1. The SMILES string of the molecule is C=C(/N=C(\C=C/N)n1ccc2ccc(C(=O)OC)cc21)N[C@H]1CC[C@H](O)CC1.